The smallest absolute Gasteiger partial charge is 0.302 e. The first kappa shape index (κ1) is 20.7. The zero-order valence-electron chi connectivity index (χ0n) is 17.3. The summed E-state index contributed by atoms with van der Waals surface area (Å²) in [5.41, 5.74) is 2.02. The molecular weight excluding hydrogens is 444 g/mol. The van der Waals surface area contributed by atoms with E-state index in [-0.39, 0.29) is 17.1 Å². The number of H-pyrrole nitrogens is 1. The van der Waals surface area contributed by atoms with Crippen molar-refractivity contribution in [3.8, 4) is 5.75 Å². The molecule has 8 nitrogen and oxygen atoms in total. The van der Waals surface area contributed by atoms with Crippen LogP contribution in [0.3, 0.4) is 0 Å². The van der Waals surface area contributed by atoms with Gasteiger partial charge in [0, 0.05) is 17.4 Å². The Hall–Kier alpha value is -4.17. The molecule has 0 aliphatic carbocycles. The summed E-state index contributed by atoms with van der Waals surface area (Å²) in [7, 11) is 1.44. The lowest BCUT2D eigenvalue weighted by atomic mass is 9.95. The number of pyridine rings is 1. The van der Waals surface area contributed by atoms with Crippen molar-refractivity contribution in [2.24, 2.45) is 0 Å². The maximum atomic E-state index is 13.2. The number of nitrogens with one attached hydrogen (secondary N) is 1. The molecule has 5 rings (SSSR count). The van der Waals surface area contributed by atoms with Gasteiger partial charge in [0.2, 0.25) is 5.95 Å². The molecule has 1 atom stereocenters. The number of methoxy groups -OCH3 is 1. The Bertz CT molecular complexity index is 1400. The van der Waals surface area contributed by atoms with Crippen LogP contribution in [0.4, 0.5) is 5.95 Å². The molecule has 2 N–H and O–H groups in total. The number of ether oxygens (including phenoxy) is 1. The van der Waals surface area contributed by atoms with Crippen molar-refractivity contribution in [1.82, 2.24) is 15.0 Å². The molecule has 164 valence electrons. The van der Waals surface area contributed by atoms with Gasteiger partial charge in [-0.05, 0) is 48.0 Å². The molecule has 1 unspecified atom stereocenters. The molecule has 1 amide bonds. The second kappa shape index (κ2) is 8.07. The summed E-state index contributed by atoms with van der Waals surface area (Å²) < 4.78 is 5.34. The van der Waals surface area contributed by atoms with E-state index in [4.69, 9.17) is 16.3 Å². The highest BCUT2D eigenvalue weighted by molar-refractivity contribution is 6.51. The standard InChI is InChI=1S/C24H17ClN4O4/c1-33-18-7-6-14(25)12-15(18)21(30)19-20(13-8-10-26-11-9-13)29(23(32)22(19)31)24-27-16-4-2-3-5-17(16)28-24/h2-12,20,30H,1H3,(H,27,28)/b21-19+. The number of aromatic nitrogens is 3. The topological polar surface area (TPSA) is 108 Å². The third kappa shape index (κ3) is 3.41. The summed E-state index contributed by atoms with van der Waals surface area (Å²) in [6.07, 6.45) is 3.10. The van der Waals surface area contributed by atoms with Gasteiger partial charge in [-0.1, -0.05) is 23.7 Å². The van der Waals surface area contributed by atoms with Gasteiger partial charge in [-0.25, -0.2) is 4.98 Å². The van der Waals surface area contributed by atoms with E-state index in [0.29, 0.717) is 27.4 Å². The van der Waals surface area contributed by atoms with Crippen LogP contribution >= 0.6 is 11.6 Å². The number of halogens is 1. The second-order valence-electron chi connectivity index (χ2n) is 7.37. The van der Waals surface area contributed by atoms with Crippen LogP contribution < -0.4 is 9.64 Å². The van der Waals surface area contributed by atoms with Crippen molar-refractivity contribution in [2.45, 2.75) is 6.04 Å². The van der Waals surface area contributed by atoms with E-state index in [0.717, 1.165) is 0 Å². The number of imidazole rings is 1. The van der Waals surface area contributed by atoms with Crippen LogP contribution in [0.25, 0.3) is 16.8 Å². The molecule has 0 radical (unpaired) electrons. The Morgan fingerprint density at radius 3 is 2.61 bits per heavy atom. The number of rotatable bonds is 4. The number of Topliss-reactive ketones (excluding diaryl/α,β-unsaturated/α-hetero) is 1. The van der Waals surface area contributed by atoms with Crippen LogP contribution in [0, 0.1) is 0 Å². The van der Waals surface area contributed by atoms with Gasteiger partial charge in [0.15, 0.2) is 0 Å². The highest BCUT2D eigenvalue weighted by Gasteiger charge is 2.48. The summed E-state index contributed by atoms with van der Waals surface area (Å²) in [4.78, 5) is 39.4. The van der Waals surface area contributed by atoms with Crippen molar-refractivity contribution in [3.05, 3.63) is 88.7 Å². The van der Waals surface area contributed by atoms with Gasteiger partial charge in [0.25, 0.3) is 5.78 Å². The Labute approximate surface area is 193 Å². The van der Waals surface area contributed by atoms with E-state index in [1.807, 2.05) is 18.2 Å². The maximum absolute atomic E-state index is 13.2. The molecular formula is C24H17ClN4O4. The summed E-state index contributed by atoms with van der Waals surface area (Å²) >= 11 is 6.14. The highest BCUT2D eigenvalue weighted by atomic mass is 35.5. The third-order valence-corrected chi connectivity index (χ3v) is 5.72. The fourth-order valence-corrected chi connectivity index (χ4v) is 4.15. The first-order valence-corrected chi connectivity index (χ1v) is 10.4. The SMILES string of the molecule is COc1ccc(Cl)cc1/C(O)=C1\C(=O)C(=O)N(c2nc3ccccc3[nH]2)C1c1ccncc1. The highest BCUT2D eigenvalue weighted by Crippen LogP contribution is 2.43. The molecule has 4 aromatic rings. The average Bonchev–Trinajstić information content (AvgIpc) is 3.37. The Balaban J connectivity index is 1.76. The third-order valence-electron chi connectivity index (χ3n) is 5.49. The van der Waals surface area contributed by atoms with Crippen LogP contribution in [-0.2, 0) is 9.59 Å². The first-order chi connectivity index (χ1) is 16.0. The number of aliphatic hydroxyl groups is 1. The number of anilines is 1. The van der Waals surface area contributed by atoms with Crippen LogP contribution in [0.1, 0.15) is 17.2 Å². The van der Waals surface area contributed by atoms with Crippen molar-refractivity contribution in [1.29, 1.82) is 0 Å². The number of fused-ring (bicyclic) bond motifs is 1. The largest absolute Gasteiger partial charge is 0.507 e. The van der Waals surface area contributed by atoms with Crippen molar-refractivity contribution in [2.75, 3.05) is 12.0 Å². The number of aromatic amines is 1. The monoisotopic (exact) mass is 460 g/mol. The number of carbonyl (C=O) groups excluding carboxylic acids is 2. The van der Waals surface area contributed by atoms with Crippen molar-refractivity contribution in [3.63, 3.8) is 0 Å². The molecule has 0 spiro atoms. The number of nitrogens with zero attached hydrogens (tertiary/aromatic N) is 3. The maximum Gasteiger partial charge on any atom is 0.302 e. The predicted molar refractivity (Wildman–Crippen MR) is 123 cm³/mol. The summed E-state index contributed by atoms with van der Waals surface area (Å²) in [5.74, 6) is -1.57. The molecule has 2 aromatic carbocycles. The Kier molecular flexibility index (Phi) is 5.07. The Morgan fingerprint density at radius 1 is 1.12 bits per heavy atom. The summed E-state index contributed by atoms with van der Waals surface area (Å²) in [5, 5.41) is 11.6. The Morgan fingerprint density at radius 2 is 1.88 bits per heavy atom. The minimum atomic E-state index is -0.947. The molecule has 1 aliphatic heterocycles. The van der Waals surface area contributed by atoms with E-state index in [1.54, 1.807) is 42.7 Å². The second-order valence-corrected chi connectivity index (χ2v) is 7.81. The van der Waals surface area contributed by atoms with Crippen molar-refractivity contribution >= 4 is 46.0 Å². The lowest BCUT2D eigenvalue weighted by molar-refractivity contribution is -0.132. The molecule has 1 fully saturated rings. The lowest BCUT2D eigenvalue weighted by Gasteiger charge is -2.23. The molecule has 3 heterocycles. The number of amides is 1. The van der Waals surface area contributed by atoms with Crippen molar-refractivity contribution < 1.29 is 19.4 Å². The van der Waals surface area contributed by atoms with E-state index in [2.05, 4.69) is 15.0 Å². The lowest BCUT2D eigenvalue weighted by Crippen LogP contribution is -2.30. The van der Waals surface area contributed by atoms with Crippen LogP contribution in [0.15, 0.2) is 72.6 Å². The number of aliphatic hydroxyl groups excluding tert-OH is 1. The van der Waals surface area contributed by atoms with Crippen LogP contribution in [0.5, 0.6) is 5.75 Å². The quantitative estimate of drug-likeness (QED) is 0.268. The number of benzene rings is 2. The van der Waals surface area contributed by atoms with Crippen LogP contribution in [-0.4, -0.2) is 38.9 Å². The number of hydrogen-bond acceptors (Lipinski definition) is 6. The predicted octanol–water partition coefficient (Wildman–Crippen LogP) is 4.25. The van der Waals surface area contributed by atoms with E-state index < -0.39 is 23.5 Å². The minimum Gasteiger partial charge on any atom is -0.507 e. The summed E-state index contributed by atoms with van der Waals surface area (Å²) in [6.45, 7) is 0. The molecule has 1 saturated heterocycles. The van der Waals surface area contributed by atoms with E-state index in [1.165, 1.54) is 18.1 Å². The van der Waals surface area contributed by atoms with E-state index in [9.17, 15) is 14.7 Å². The zero-order chi connectivity index (χ0) is 23.1. The average molecular weight is 461 g/mol. The van der Waals surface area contributed by atoms with Gasteiger partial charge in [0.1, 0.15) is 11.5 Å². The zero-order valence-corrected chi connectivity index (χ0v) is 18.1. The van der Waals surface area contributed by atoms with Gasteiger partial charge >= 0.3 is 5.91 Å². The summed E-state index contributed by atoms with van der Waals surface area (Å²) in [6, 6.07) is 14.3. The fraction of sp³-hybridized carbons (Fsp3) is 0.0833. The van der Waals surface area contributed by atoms with Gasteiger partial charge in [-0.3, -0.25) is 19.5 Å². The normalized spacial score (nSPS) is 17.6. The number of carbonyl (C=O) groups is 2. The first-order valence-electron chi connectivity index (χ1n) is 9.99. The number of ketones is 1. The number of para-hydroxylation sites is 2. The van der Waals surface area contributed by atoms with Gasteiger partial charge in [0.05, 0.1) is 35.3 Å². The van der Waals surface area contributed by atoms with Gasteiger partial charge in [-0.15, -0.1) is 0 Å². The van der Waals surface area contributed by atoms with Crippen LogP contribution in [0.2, 0.25) is 5.02 Å². The van der Waals surface area contributed by atoms with E-state index >= 15 is 0 Å². The van der Waals surface area contributed by atoms with Gasteiger partial charge < -0.3 is 14.8 Å². The molecule has 1 aliphatic rings. The van der Waals surface area contributed by atoms with Gasteiger partial charge in [-0.2, -0.15) is 0 Å². The fourth-order valence-electron chi connectivity index (χ4n) is 3.98. The molecule has 0 bridgehead atoms. The minimum absolute atomic E-state index is 0.104. The number of hydrogen-bond donors (Lipinski definition) is 2. The molecule has 2 aromatic heterocycles. The molecule has 33 heavy (non-hydrogen) atoms. The molecule has 0 saturated carbocycles. The molecule has 9 heteroatoms.